The third-order valence-corrected chi connectivity index (χ3v) is 7.64. The molecule has 0 atom stereocenters. The van der Waals surface area contributed by atoms with Gasteiger partial charge in [0.25, 0.3) is 0 Å². The van der Waals surface area contributed by atoms with Gasteiger partial charge < -0.3 is 34.1 Å². The number of nitrogen functional groups attached to an aromatic ring is 1. The number of likely N-dealkylation sites (N-methyl/N-ethyl adjacent to an activating group) is 1. The molecular formula is C34H46N6O6. The number of nitrogens with two attached hydrogens (primary N) is 1. The molecule has 0 unspecified atom stereocenters. The summed E-state index contributed by atoms with van der Waals surface area (Å²) in [4.78, 5) is 39.0. The minimum atomic E-state index is -0.468. The van der Waals surface area contributed by atoms with Gasteiger partial charge in [-0.15, -0.1) is 0 Å². The number of aromatic nitrogens is 3. The van der Waals surface area contributed by atoms with E-state index in [1.54, 1.807) is 33.1 Å². The van der Waals surface area contributed by atoms with E-state index in [1.165, 1.54) is 7.11 Å². The van der Waals surface area contributed by atoms with Gasteiger partial charge in [-0.05, 0) is 57.6 Å². The van der Waals surface area contributed by atoms with Crippen molar-refractivity contribution in [1.82, 2.24) is 24.3 Å². The number of ether oxygens (including phenoxy) is 4. The summed E-state index contributed by atoms with van der Waals surface area (Å²) in [5.41, 5.74) is 9.63. The maximum absolute atomic E-state index is 13.6. The van der Waals surface area contributed by atoms with Crippen LogP contribution in [0.15, 0.2) is 42.5 Å². The van der Waals surface area contributed by atoms with Crippen molar-refractivity contribution in [3.05, 3.63) is 53.9 Å². The lowest BCUT2D eigenvalue weighted by atomic mass is 10.1. The van der Waals surface area contributed by atoms with Gasteiger partial charge in [-0.2, -0.15) is 0 Å². The van der Waals surface area contributed by atoms with Crippen LogP contribution in [0.4, 0.5) is 5.82 Å². The molecule has 4 rings (SSSR count). The van der Waals surface area contributed by atoms with Crippen molar-refractivity contribution in [2.45, 2.75) is 52.8 Å². The highest BCUT2D eigenvalue weighted by Crippen LogP contribution is 2.30. The molecule has 2 aromatic heterocycles. The maximum atomic E-state index is 13.6. The van der Waals surface area contributed by atoms with Crippen LogP contribution in [0.2, 0.25) is 0 Å². The van der Waals surface area contributed by atoms with E-state index in [4.69, 9.17) is 29.7 Å². The molecule has 0 bridgehead atoms. The molecule has 46 heavy (non-hydrogen) atoms. The second kappa shape index (κ2) is 16.2. The average Bonchev–Trinajstić information content (AvgIpc) is 3.41. The molecule has 2 heterocycles. The van der Waals surface area contributed by atoms with Crippen LogP contribution >= 0.6 is 0 Å². The first-order valence-corrected chi connectivity index (χ1v) is 15.6. The van der Waals surface area contributed by atoms with E-state index in [9.17, 15) is 9.59 Å². The number of fused-ring (bicyclic) bond motifs is 3. The Kier molecular flexibility index (Phi) is 12.2. The number of methoxy groups -OCH3 is 2. The van der Waals surface area contributed by atoms with Crippen LogP contribution in [0.1, 0.15) is 38.6 Å². The molecule has 0 aliphatic rings. The molecule has 0 radical (unpaired) electrons. The Morgan fingerprint density at radius 1 is 1.07 bits per heavy atom. The van der Waals surface area contributed by atoms with E-state index in [-0.39, 0.29) is 25.2 Å². The first kappa shape index (κ1) is 34.5. The number of benzene rings is 2. The predicted octanol–water partition coefficient (Wildman–Crippen LogP) is 4.07. The van der Waals surface area contributed by atoms with E-state index >= 15 is 0 Å². The highest BCUT2D eigenvalue weighted by molar-refractivity contribution is 6.06. The normalized spacial score (nSPS) is 11.5. The molecule has 1 amide bonds. The number of hydrogen-bond acceptors (Lipinski definition) is 10. The Balaban J connectivity index is 1.59. The quantitative estimate of drug-likeness (QED) is 0.170. The van der Waals surface area contributed by atoms with Crippen molar-refractivity contribution in [3.8, 4) is 11.5 Å². The summed E-state index contributed by atoms with van der Waals surface area (Å²) in [6.07, 6.45) is 1.04. The zero-order valence-corrected chi connectivity index (χ0v) is 27.7. The Hall–Kier alpha value is -4.42. The number of aryl methyl sites for hydroxylation is 1. The molecule has 2 N–H and O–H groups in total. The summed E-state index contributed by atoms with van der Waals surface area (Å²) < 4.78 is 24.0. The van der Waals surface area contributed by atoms with E-state index in [2.05, 4.69) is 9.55 Å². The van der Waals surface area contributed by atoms with E-state index in [1.807, 2.05) is 54.1 Å². The largest absolute Gasteiger partial charge is 0.493 e. The number of pyridine rings is 1. The van der Waals surface area contributed by atoms with Gasteiger partial charge in [-0.3, -0.25) is 9.69 Å². The van der Waals surface area contributed by atoms with Crippen LogP contribution < -0.4 is 15.2 Å². The van der Waals surface area contributed by atoms with Gasteiger partial charge in [-0.25, -0.2) is 14.8 Å². The van der Waals surface area contributed by atoms with Crippen LogP contribution in [0.25, 0.3) is 21.9 Å². The number of carbonyl (C=O) groups excluding carboxylic acids is 2. The fraction of sp³-hybridized carbons (Fsp3) is 0.471. The molecule has 0 saturated carbocycles. The lowest BCUT2D eigenvalue weighted by molar-refractivity contribution is -0.149. The van der Waals surface area contributed by atoms with Gasteiger partial charge >= 0.3 is 5.97 Å². The Bertz CT molecular complexity index is 1640. The number of carbonyl (C=O) groups is 2. The monoisotopic (exact) mass is 634 g/mol. The lowest BCUT2D eigenvalue weighted by Gasteiger charge is -2.26. The number of anilines is 1. The molecule has 248 valence electrons. The molecule has 0 aliphatic carbocycles. The number of esters is 1. The molecule has 0 saturated heterocycles. The Morgan fingerprint density at radius 3 is 2.57 bits per heavy atom. The number of hydrogen-bond donors (Lipinski definition) is 1. The molecule has 4 aromatic rings. The molecule has 2 aromatic carbocycles. The number of rotatable bonds is 17. The summed E-state index contributed by atoms with van der Waals surface area (Å²) >= 11 is 0. The zero-order valence-electron chi connectivity index (χ0n) is 27.7. The number of imidazole rings is 1. The maximum Gasteiger partial charge on any atom is 0.344 e. The van der Waals surface area contributed by atoms with Crippen LogP contribution in [0.5, 0.6) is 11.5 Å². The summed E-state index contributed by atoms with van der Waals surface area (Å²) in [5, 5.41) is 0.975. The van der Waals surface area contributed by atoms with E-state index in [0.717, 1.165) is 34.4 Å². The fourth-order valence-electron chi connectivity index (χ4n) is 5.27. The first-order valence-electron chi connectivity index (χ1n) is 15.6. The first-order chi connectivity index (χ1) is 22.1. The summed E-state index contributed by atoms with van der Waals surface area (Å²) in [6, 6.07) is 13.4. The average molecular weight is 635 g/mol. The van der Waals surface area contributed by atoms with Crippen molar-refractivity contribution in [3.63, 3.8) is 0 Å². The van der Waals surface area contributed by atoms with Gasteiger partial charge in [0.15, 0.2) is 23.9 Å². The SMILES string of the molecule is CCN(C)CC(=O)N(CCCn1c(CCOC)nc2c(N)nc3ccccc3c21)Cc1ccc(OC)c(OCC(=O)OC(C)C)c1. The van der Waals surface area contributed by atoms with Crippen molar-refractivity contribution < 1.29 is 28.5 Å². The van der Waals surface area contributed by atoms with Crippen LogP contribution in [0, 0.1) is 0 Å². The van der Waals surface area contributed by atoms with Crippen molar-refractivity contribution in [1.29, 1.82) is 0 Å². The number of amides is 1. The van der Waals surface area contributed by atoms with E-state index in [0.29, 0.717) is 61.9 Å². The fourth-order valence-corrected chi connectivity index (χ4v) is 5.27. The standard InChI is InChI=1S/C34H46N6O6/c1-7-38(4)21-30(41)39(20-24-13-14-27(44-6)28(19-24)45-22-31(42)46-23(2)3)16-10-17-40-29(15-18-43-5)37-32-33(40)25-11-8-9-12-26(25)36-34(32)35/h8-9,11-14,19,23H,7,10,15-18,20-22H2,1-6H3,(H2,35,36). The van der Waals surface area contributed by atoms with E-state index < -0.39 is 5.97 Å². The van der Waals surface area contributed by atoms with Crippen LogP contribution in [0.3, 0.4) is 0 Å². The summed E-state index contributed by atoms with van der Waals surface area (Å²) in [7, 11) is 5.13. The van der Waals surface area contributed by atoms with Crippen molar-refractivity contribution in [2.24, 2.45) is 0 Å². The highest BCUT2D eigenvalue weighted by atomic mass is 16.6. The molecule has 12 nitrogen and oxygen atoms in total. The minimum Gasteiger partial charge on any atom is -0.493 e. The molecule has 0 fully saturated rings. The molecule has 0 spiro atoms. The summed E-state index contributed by atoms with van der Waals surface area (Å²) in [6.45, 7) is 8.36. The minimum absolute atomic E-state index is 0.0112. The topological polar surface area (TPSA) is 134 Å². The third kappa shape index (κ3) is 8.64. The predicted molar refractivity (Wildman–Crippen MR) is 178 cm³/mol. The molecular weight excluding hydrogens is 588 g/mol. The number of para-hydroxylation sites is 1. The second-order valence-electron chi connectivity index (χ2n) is 11.4. The van der Waals surface area contributed by atoms with Gasteiger partial charge in [0.05, 0.1) is 37.4 Å². The van der Waals surface area contributed by atoms with Crippen molar-refractivity contribution in [2.75, 3.05) is 59.8 Å². The van der Waals surface area contributed by atoms with Gasteiger partial charge in [0.2, 0.25) is 5.91 Å². The molecule has 12 heteroatoms. The van der Waals surface area contributed by atoms with Crippen LogP contribution in [-0.4, -0.2) is 96.4 Å². The molecule has 0 aliphatic heterocycles. The van der Waals surface area contributed by atoms with Gasteiger partial charge in [0, 0.05) is 38.6 Å². The Morgan fingerprint density at radius 2 is 1.85 bits per heavy atom. The van der Waals surface area contributed by atoms with Gasteiger partial charge in [0.1, 0.15) is 11.3 Å². The third-order valence-electron chi connectivity index (χ3n) is 7.64. The lowest BCUT2D eigenvalue weighted by Crippen LogP contribution is -2.39. The zero-order chi connectivity index (χ0) is 33.2. The number of nitrogens with zero attached hydrogens (tertiary/aromatic N) is 5. The van der Waals surface area contributed by atoms with Crippen LogP contribution in [-0.2, 0) is 38.6 Å². The Labute approximate surface area is 270 Å². The highest BCUT2D eigenvalue weighted by Gasteiger charge is 2.20. The van der Waals surface area contributed by atoms with Gasteiger partial charge in [-0.1, -0.05) is 31.2 Å². The smallest absolute Gasteiger partial charge is 0.344 e. The van der Waals surface area contributed by atoms with Crippen molar-refractivity contribution >= 4 is 39.6 Å². The second-order valence-corrected chi connectivity index (χ2v) is 11.4. The summed E-state index contributed by atoms with van der Waals surface area (Å²) in [5.74, 6) is 1.69.